The number of nitrogen functional groups attached to an aromatic ring is 2. The third-order valence-corrected chi connectivity index (χ3v) is 11.9. The van der Waals surface area contributed by atoms with Gasteiger partial charge in [0.05, 0.1) is 20.5 Å². The monoisotopic (exact) mass is 814 g/mol. The Bertz CT molecular complexity index is 2120. The Kier molecular flexibility index (Phi) is 13.0. The van der Waals surface area contributed by atoms with Crippen LogP contribution in [0.25, 0.3) is 0 Å². The maximum Gasteiger partial charge on any atom is 0.213 e. The minimum absolute atomic E-state index is 0.0165. The van der Waals surface area contributed by atoms with Crippen molar-refractivity contribution in [3.05, 3.63) is 68.4 Å². The summed E-state index contributed by atoms with van der Waals surface area (Å²) in [5.41, 5.74) is 10.6. The van der Waals surface area contributed by atoms with Crippen molar-refractivity contribution in [2.45, 2.75) is 37.8 Å². The molecule has 0 radical (unpaired) electrons. The number of carbonyl (C=O) groups excluding carboxylic acids is 2. The quantitative estimate of drug-likeness (QED) is 0.105. The number of sulfonamides is 1. The van der Waals surface area contributed by atoms with E-state index >= 15 is 0 Å². The Morgan fingerprint density at radius 3 is 1.57 bits per heavy atom. The molecule has 0 amide bonds. The molecule has 54 heavy (non-hydrogen) atoms. The number of rotatable bonds is 11. The number of hydrogen-bond acceptors (Lipinski definition) is 15. The van der Waals surface area contributed by atoms with Crippen molar-refractivity contribution in [2.24, 2.45) is 0 Å². The van der Waals surface area contributed by atoms with E-state index in [1.807, 2.05) is 0 Å². The highest BCUT2D eigenvalue weighted by molar-refractivity contribution is 7.88. The van der Waals surface area contributed by atoms with Crippen molar-refractivity contribution in [2.75, 3.05) is 68.8 Å². The Balaban J connectivity index is 0.000000210. The van der Waals surface area contributed by atoms with Crippen molar-refractivity contribution in [1.82, 2.24) is 19.6 Å². The molecule has 0 aliphatic carbocycles. The van der Waals surface area contributed by atoms with Crippen molar-refractivity contribution in [3.8, 4) is 11.5 Å². The predicted molar refractivity (Wildman–Crippen MR) is 198 cm³/mol. The zero-order valence-electron chi connectivity index (χ0n) is 29.3. The molecule has 2 aromatic carbocycles. The molecule has 6 rings (SSSR count). The van der Waals surface area contributed by atoms with Crippen LogP contribution in [0, 0.1) is 23.3 Å². The molecule has 4 heterocycles. The molecule has 7 N–H and O–H groups in total. The molecule has 0 spiro atoms. The first-order valence-electron chi connectivity index (χ1n) is 16.5. The number of ketones is 2. The van der Waals surface area contributed by atoms with Gasteiger partial charge in [-0.3, -0.25) is 9.59 Å². The Labute approximate surface area is 316 Å². The third-order valence-electron chi connectivity index (χ3n) is 8.64. The molecule has 4 aromatic rings. The zero-order valence-corrected chi connectivity index (χ0v) is 31.8. The lowest BCUT2D eigenvalue weighted by molar-refractivity contribution is 0.102. The molecule has 2 aromatic heterocycles. The lowest BCUT2D eigenvalue weighted by Crippen LogP contribution is -2.41. The molecule has 0 atom stereocenters. The van der Waals surface area contributed by atoms with Gasteiger partial charge in [0, 0.05) is 25.2 Å². The smallest absolute Gasteiger partial charge is 0.213 e. The van der Waals surface area contributed by atoms with Crippen LogP contribution in [0.3, 0.4) is 0 Å². The highest BCUT2D eigenvalue weighted by Gasteiger charge is 2.30. The first-order valence-corrected chi connectivity index (χ1v) is 20.0. The maximum atomic E-state index is 14.2. The van der Waals surface area contributed by atoms with Crippen LogP contribution in [0.5, 0.6) is 11.5 Å². The van der Waals surface area contributed by atoms with Crippen LogP contribution >= 0.6 is 22.7 Å². The minimum Gasteiger partial charge on any atom is -0.496 e. The number of halogens is 4. The normalized spacial score (nSPS) is 15.6. The number of nitrogens with zero attached hydrogens (tertiary/aromatic N) is 3. The fourth-order valence-electron chi connectivity index (χ4n) is 5.82. The summed E-state index contributed by atoms with van der Waals surface area (Å²) in [5, 5.41) is 10.5. The number of hydrogen-bond donors (Lipinski definition) is 5. The minimum atomic E-state index is -3.23. The number of anilines is 4. The zero-order chi connectivity index (χ0) is 39.3. The van der Waals surface area contributed by atoms with Gasteiger partial charge in [-0.25, -0.2) is 40.3 Å². The van der Waals surface area contributed by atoms with Gasteiger partial charge in [0.2, 0.25) is 21.6 Å². The molecule has 21 heteroatoms. The topological polar surface area (TPSA) is 204 Å². The highest BCUT2D eigenvalue weighted by Crippen LogP contribution is 2.35. The van der Waals surface area contributed by atoms with E-state index in [4.69, 9.17) is 20.9 Å². The van der Waals surface area contributed by atoms with Crippen LogP contribution in [-0.2, 0) is 10.0 Å². The summed E-state index contributed by atoms with van der Waals surface area (Å²) in [4.78, 5) is 33.7. The molecule has 0 bridgehead atoms. The number of nitrogens with two attached hydrogens (primary N) is 2. The third kappa shape index (κ3) is 9.20. The average molecular weight is 815 g/mol. The van der Waals surface area contributed by atoms with Gasteiger partial charge >= 0.3 is 0 Å². The standard InChI is InChI=1S/C17H20F2N4O4S2.C16H18F2N4O2S/c1-27-11-4-3-10(18)13(19)12(11)14(24)15-16(20)22-17(28-15)21-9-5-7-23(8-6-9)29(2,25)26;1-24-10-3-2-9(17)12(18)11(10)13(23)14-15(19)22-16(25-14)21-8-4-6-20-7-5-8/h3-4,9H,5-8,20H2,1-2H3,(H,21,22);2-3,8,20H,4-7,19H2,1H3,(H,21,22). The Hall–Kier alpha value is -4.57. The van der Waals surface area contributed by atoms with Gasteiger partial charge in [-0.15, -0.1) is 0 Å². The molecule has 14 nitrogen and oxygen atoms in total. The highest BCUT2D eigenvalue weighted by atomic mass is 32.2. The molecular formula is C33H38F4N8O6S3. The number of aromatic nitrogens is 2. The summed E-state index contributed by atoms with van der Waals surface area (Å²) >= 11 is 1.95. The van der Waals surface area contributed by atoms with Crippen LogP contribution in [0.1, 0.15) is 56.2 Å². The molecule has 2 fully saturated rings. The van der Waals surface area contributed by atoms with Gasteiger partial charge in [0.1, 0.15) is 44.0 Å². The number of thiazole rings is 2. The summed E-state index contributed by atoms with van der Waals surface area (Å²) in [6.07, 6.45) is 4.13. The van der Waals surface area contributed by atoms with Crippen molar-refractivity contribution >= 4 is 66.2 Å². The van der Waals surface area contributed by atoms with E-state index in [1.165, 1.54) is 30.8 Å². The van der Waals surface area contributed by atoms with Crippen molar-refractivity contribution in [1.29, 1.82) is 0 Å². The first kappa shape index (κ1) is 40.6. The fourth-order valence-corrected chi connectivity index (χ4v) is 8.51. The molecule has 0 saturated carbocycles. The number of carbonyl (C=O) groups is 2. The van der Waals surface area contributed by atoms with Crippen molar-refractivity contribution in [3.63, 3.8) is 0 Å². The van der Waals surface area contributed by atoms with Gasteiger partial charge in [-0.05, 0) is 63.0 Å². The number of nitrogens with one attached hydrogen (secondary N) is 3. The van der Waals surface area contributed by atoms with E-state index in [1.54, 1.807) is 0 Å². The van der Waals surface area contributed by atoms with Crippen LogP contribution < -0.4 is 36.9 Å². The van der Waals surface area contributed by atoms with E-state index < -0.39 is 56.0 Å². The second-order valence-corrected chi connectivity index (χ2v) is 16.2. The second kappa shape index (κ2) is 17.3. The lowest BCUT2D eigenvalue weighted by atomic mass is 10.1. The molecule has 2 aliphatic rings. The lowest BCUT2D eigenvalue weighted by Gasteiger charge is -2.30. The molecule has 2 aliphatic heterocycles. The van der Waals surface area contributed by atoms with Crippen LogP contribution in [0.2, 0.25) is 0 Å². The second-order valence-electron chi connectivity index (χ2n) is 12.3. The average Bonchev–Trinajstić information content (AvgIpc) is 3.70. The summed E-state index contributed by atoms with van der Waals surface area (Å²) in [5.74, 6) is -6.73. The van der Waals surface area contributed by atoms with Gasteiger partial charge in [-0.1, -0.05) is 22.7 Å². The summed E-state index contributed by atoms with van der Waals surface area (Å²) < 4.78 is 90.1. The number of piperidine rings is 2. The molecular weight excluding hydrogens is 777 g/mol. The summed E-state index contributed by atoms with van der Waals surface area (Å²) in [6.45, 7) is 2.54. The number of ether oxygens (including phenoxy) is 2. The summed E-state index contributed by atoms with van der Waals surface area (Å²) in [6, 6.07) is 4.33. The van der Waals surface area contributed by atoms with E-state index in [9.17, 15) is 35.6 Å². The van der Waals surface area contributed by atoms with Gasteiger partial charge in [0.15, 0.2) is 33.5 Å². The molecule has 0 unspecified atom stereocenters. The van der Waals surface area contributed by atoms with Crippen LogP contribution in [-0.4, -0.2) is 93.0 Å². The number of benzene rings is 2. The molecule has 2 saturated heterocycles. The van der Waals surface area contributed by atoms with Crippen LogP contribution in [0.4, 0.5) is 39.5 Å². The fraction of sp³-hybridized carbons (Fsp3) is 0.394. The van der Waals surface area contributed by atoms with Gasteiger partial charge in [-0.2, -0.15) is 0 Å². The van der Waals surface area contributed by atoms with E-state index in [0.29, 0.717) is 36.2 Å². The van der Waals surface area contributed by atoms with E-state index in [2.05, 4.69) is 25.9 Å². The predicted octanol–water partition coefficient (Wildman–Crippen LogP) is 4.49. The van der Waals surface area contributed by atoms with Crippen LogP contribution in [0.15, 0.2) is 24.3 Å². The van der Waals surface area contributed by atoms with Gasteiger partial charge in [0.25, 0.3) is 0 Å². The van der Waals surface area contributed by atoms with Crippen molar-refractivity contribution < 1.29 is 45.0 Å². The Morgan fingerprint density at radius 2 is 1.19 bits per heavy atom. The maximum absolute atomic E-state index is 14.2. The first-order chi connectivity index (χ1) is 25.6. The van der Waals surface area contributed by atoms with E-state index in [0.717, 1.165) is 66.8 Å². The molecule has 292 valence electrons. The largest absolute Gasteiger partial charge is 0.496 e. The van der Waals surface area contributed by atoms with E-state index in [-0.39, 0.29) is 45.0 Å². The Morgan fingerprint density at radius 1 is 0.778 bits per heavy atom. The number of methoxy groups -OCH3 is 2. The van der Waals surface area contributed by atoms with Gasteiger partial charge < -0.3 is 36.9 Å². The summed E-state index contributed by atoms with van der Waals surface area (Å²) in [7, 11) is -0.704. The SMILES string of the molecule is COc1ccc(F)c(F)c1C(=O)c1sc(NC2CCN(S(C)(=O)=O)CC2)nc1N.COc1ccc(F)c(F)c1C(=O)c1sc(NC2CCNCC2)nc1N.